The molecule has 66 valence electrons. The van der Waals surface area contributed by atoms with Gasteiger partial charge in [0.15, 0.2) is 0 Å². The topological polar surface area (TPSA) is 50.2 Å². The van der Waals surface area contributed by atoms with Crippen molar-refractivity contribution in [2.75, 3.05) is 0 Å². The van der Waals surface area contributed by atoms with Crippen molar-refractivity contribution < 1.29 is 40.9 Å². The molecular formula is C10H8NNaO2. The molecule has 1 aromatic heterocycles. The first-order chi connectivity index (χ1) is 6.27. The van der Waals surface area contributed by atoms with Crippen molar-refractivity contribution in [3.8, 4) is 0 Å². The molecule has 0 amide bonds. The standard InChI is InChI=1S/C10H7NO2.Na.H/c12-10(13)8-5-7-3-1-2-4-9(7)11-6-8;;/h1-6H,(H,12,13);;/q;+1;-1. The minimum atomic E-state index is -0.946. The zero-order valence-electron chi connectivity index (χ0n) is 8.77. The van der Waals surface area contributed by atoms with E-state index in [0.29, 0.717) is 0 Å². The molecule has 0 aliphatic heterocycles. The van der Waals surface area contributed by atoms with Gasteiger partial charge in [-0.05, 0) is 12.1 Å². The van der Waals surface area contributed by atoms with Gasteiger partial charge in [0, 0.05) is 11.6 Å². The van der Waals surface area contributed by atoms with Gasteiger partial charge >= 0.3 is 35.5 Å². The molecule has 0 saturated heterocycles. The van der Waals surface area contributed by atoms with Crippen molar-refractivity contribution in [1.29, 1.82) is 0 Å². The zero-order valence-corrected chi connectivity index (χ0v) is 9.77. The number of rotatable bonds is 1. The fourth-order valence-corrected chi connectivity index (χ4v) is 1.19. The van der Waals surface area contributed by atoms with E-state index in [0.717, 1.165) is 10.9 Å². The molecule has 0 aliphatic rings. The number of aromatic carboxylic acids is 1. The SMILES string of the molecule is O=C(O)c1cnc2ccccc2c1.[H-].[Na+]. The summed E-state index contributed by atoms with van der Waals surface area (Å²) in [4.78, 5) is 14.6. The molecule has 3 nitrogen and oxygen atoms in total. The summed E-state index contributed by atoms with van der Waals surface area (Å²) in [7, 11) is 0. The third-order valence-electron chi connectivity index (χ3n) is 1.84. The van der Waals surface area contributed by atoms with E-state index in [-0.39, 0.29) is 36.5 Å². The Morgan fingerprint density at radius 1 is 1.36 bits per heavy atom. The number of aromatic nitrogens is 1. The van der Waals surface area contributed by atoms with E-state index in [2.05, 4.69) is 4.98 Å². The van der Waals surface area contributed by atoms with Crippen LogP contribution in [0.25, 0.3) is 10.9 Å². The van der Waals surface area contributed by atoms with Gasteiger partial charge < -0.3 is 6.53 Å². The van der Waals surface area contributed by atoms with E-state index in [1.807, 2.05) is 24.3 Å². The average Bonchev–Trinajstić information content (AvgIpc) is 2.17. The molecule has 2 rings (SSSR count). The summed E-state index contributed by atoms with van der Waals surface area (Å²) in [5, 5.41) is 9.55. The second kappa shape index (κ2) is 4.55. The van der Waals surface area contributed by atoms with Gasteiger partial charge in [0.1, 0.15) is 0 Å². The minimum absolute atomic E-state index is 0. The van der Waals surface area contributed by atoms with Gasteiger partial charge in [-0.25, -0.2) is 4.79 Å². The molecule has 0 saturated carbocycles. The monoisotopic (exact) mass is 197 g/mol. The van der Waals surface area contributed by atoms with E-state index in [4.69, 9.17) is 5.11 Å². The van der Waals surface area contributed by atoms with Crippen molar-refractivity contribution in [3.63, 3.8) is 0 Å². The summed E-state index contributed by atoms with van der Waals surface area (Å²) < 4.78 is 0. The largest absolute Gasteiger partial charge is 1.00 e. The Labute approximate surface area is 105 Å². The number of carbonyl (C=O) groups is 1. The molecule has 2 aromatic rings. The van der Waals surface area contributed by atoms with Gasteiger partial charge in [-0.15, -0.1) is 0 Å². The van der Waals surface area contributed by atoms with Crippen LogP contribution in [0.4, 0.5) is 0 Å². The van der Waals surface area contributed by atoms with Crippen molar-refractivity contribution in [2.45, 2.75) is 0 Å². The van der Waals surface area contributed by atoms with Crippen LogP contribution in [0.1, 0.15) is 11.8 Å². The number of para-hydroxylation sites is 1. The molecule has 0 aliphatic carbocycles. The van der Waals surface area contributed by atoms with Gasteiger partial charge in [-0.3, -0.25) is 4.98 Å². The molecule has 0 bridgehead atoms. The third kappa shape index (κ3) is 2.12. The molecule has 14 heavy (non-hydrogen) atoms. The average molecular weight is 197 g/mol. The van der Waals surface area contributed by atoms with Crippen molar-refractivity contribution in [2.24, 2.45) is 0 Å². The number of hydrogen-bond acceptors (Lipinski definition) is 2. The molecule has 0 unspecified atom stereocenters. The summed E-state index contributed by atoms with van der Waals surface area (Å²) in [5.74, 6) is -0.946. The number of carboxylic acids is 1. The Bertz CT molecular complexity index is 476. The quantitative estimate of drug-likeness (QED) is 0.600. The number of pyridine rings is 1. The van der Waals surface area contributed by atoms with E-state index >= 15 is 0 Å². The maximum Gasteiger partial charge on any atom is 1.00 e. The Morgan fingerprint density at radius 3 is 2.79 bits per heavy atom. The molecule has 4 heteroatoms. The van der Waals surface area contributed by atoms with Crippen LogP contribution >= 0.6 is 0 Å². The predicted octanol–water partition coefficient (Wildman–Crippen LogP) is -0.951. The van der Waals surface area contributed by atoms with Crippen LogP contribution in [-0.4, -0.2) is 16.1 Å². The fourth-order valence-electron chi connectivity index (χ4n) is 1.19. The molecule has 0 fully saturated rings. The normalized spacial score (nSPS) is 9.43. The Kier molecular flexibility index (Phi) is 3.63. The number of benzene rings is 1. The Balaban J connectivity index is 0.000000980. The van der Waals surface area contributed by atoms with Crippen LogP contribution < -0.4 is 29.6 Å². The number of fused-ring (bicyclic) bond motifs is 1. The van der Waals surface area contributed by atoms with E-state index in [1.54, 1.807) is 6.07 Å². The van der Waals surface area contributed by atoms with E-state index in [9.17, 15) is 4.79 Å². The van der Waals surface area contributed by atoms with Gasteiger partial charge in [-0.1, -0.05) is 18.2 Å². The maximum atomic E-state index is 10.6. The first kappa shape index (κ1) is 11.2. The first-order valence-corrected chi connectivity index (χ1v) is 3.85. The van der Waals surface area contributed by atoms with Gasteiger partial charge in [0.05, 0.1) is 11.1 Å². The predicted molar refractivity (Wildman–Crippen MR) is 49.8 cm³/mol. The summed E-state index contributed by atoms with van der Waals surface area (Å²) in [6, 6.07) is 9.03. The molecule has 1 heterocycles. The van der Waals surface area contributed by atoms with Crippen molar-refractivity contribution >= 4 is 16.9 Å². The van der Waals surface area contributed by atoms with E-state index < -0.39 is 5.97 Å². The second-order valence-electron chi connectivity index (χ2n) is 2.72. The summed E-state index contributed by atoms with van der Waals surface area (Å²) in [6.45, 7) is 0. The van der Waals surface area contributed by atoms with Gasteiger partial charge in [0.2, 0.25) is 0 Å². The zero-order chi connectivity index (χ0) is 9.26. The van der Waals surface area contributed by atoms with Gasteiger partial charge in [0.25, 0.3) is 0 Å². The molecular weight excluding hydrogens is 189 g/mol. The molecule has 1 aromatic carbocycles. The van der Waals surface area contributed by atoms with Crippen LogP contribution in [0.5, 0.6) is 0 Å². The minimum Gasteiger partial charge on any atom is -1.00 e. The maximum absolute atomic E-state index is 10.6. The third-order valence-corrected chi connectivity index (χ3v) is 1.84. The van der Waals surface area contributed by atoms with Crippen LogP contribution in [0, 0.1) is 0 Å². The van der Waals surface area contributed by atoms with Crippen LogP contribution in [0.15, 0.2) is 36.5 Å². The van der Waals surface area contributed by atoms with Crippen LogP contribution in [0.2, 0.25) is 0 Å². The van der Waals surface area contributed by atoms with Crippen molar-refractivity contribution in [3.05, 3.63) is 42.1 Å². The molecule has 0 atom stereocenters. The fraction of sp³-hybridized carbons (Fsp3) is 0. The summed E-state index contributed by atoms with van der Waals surface area (Å²) in [5.41, 5.74) is 1.03. The second-order valence-corrected chi connectivity index (χ2v) is 2.72. The van der Waals surface area contributed by atoms with Crippen LogP contribution in [-0.2, 0) is 0 Å². The van der Waals surface area contributed by atoms with Crippen molar-refractivity contribution in [1.82, 2.24) is 4.98 Å². The molecule has 0 spiro atoms. The van der Waals surface area contributed by atoms with Gasteiger partial charge in [-0.2, -0.15) is 0 Å². The number of carboxylic acid groups (broad SMARTS) is 1. The molecule has 1 N–H and O–H groups in total. The smallest absolute Gasteiger partial charge is 1.00 e. The summed E-state index contributed by atoms with van der Waals surface area (Å²) in [6.07, 6.45) is 1.37. The number of hydrogen-bond donors (Lipinski definition) is 1. The first-order valence-electron chi connectivity index (χ1n) is 3.85. The summed E-state index contributed by atoms with van der Waals surface area (Å²) >= 11 is 0. The van der Waals surface area contributed by atoms with Crippen LogP contribution in [0.3, 0.4) is 0 Å². The molecule has 0 radical (unpaired) electrons. The Hall–Kier alpha value is -0.900. The number of nitrogens with zero attached hydrogens (tertiary/aromatic N) is 1. The Morgan fingerprint density at radius 2 is 2.07 bits per heavy atom. The van der Waals surface area contributed by atoms with E-state index in [1.165, 1.54) is 6.20 Å².